The molecule has 11 heteroatoms. The lowest BCUT2D eigenvalue weighted by Crippen LogP contribution is -2.57. The minimum absolute atomic E-state index is 0.00435. The van der Waals surface area contributed by atoms with Crippen molar-refractivity contribution in [2.24, 2.45) is 0 Å². The van der Waals surface area contributed by atoms with Crippen molar-refractivity contribution in [1.82, 2.24) is 20.0 Å². The number of ether oxygens (including phenoxy) is 1. The molecule has 0 bridgehead atoms. The van der Waals surface area contributed by atoms with Crippen LogP contribution in [0.5, 0.6) is 0 Å². The van der Waals surface area contributed by atoms with E-state index < -0.39 is 54.5 Å². The van der Waals surface area contributed by atoms with E-state index in [0.29, 0.717) is 0 Å². The molecule has 0 spiro atoms. The molecule has 0 radical (unpaired) electrons. The van der Waals surface area contributed by atoms with Crippen molar-refractivity contribution < 1.29 is 33.5 Å². The molecular weight excluding hydrogens is 480 g/mol. The van der Waals surface area contributed by atoms with Crippen LogP contribution in [0.1, 0.15) is 73.1 Å². The van der Waals surface area contributed by atoms with Gasteiger partial charge in [0.05, 0.1) is 17.2 Å². The third-order valence-corrected chi connectivity index (χ3v) is 7.28. The fourth-order valence-electron chi connectivity index (χ4n) is 5.01. The molecule has 0 aromatic heterocycles. The monoisotopic (exact) mass is 512 g/mol. The maximum absolute atomic E-state index is 13.2. The molecule has 3 atom stereocenters. The quantitative estimate of drug-likeness (QED) is 0.404. The maximum Gasteiger partial charge on any atom is 0.330 e. The summed E-state index contributed by atoms with van der Waals surface area (Å²) in [6, 6.07) is 3.77. The van der Waals surface area contributed by atoms with Gasteiger partial charge in [-0.2, -0.15) is 0 Å². The number of nitrogens with one attached hydrogen (secondary N) is 1. The van der Waals surface area contributed by atoms with Crippen LogP contribution in [0.4, 0.5) is 0 Å². The van der Waals surface area contributed by atoms with Crippen molar-refractivity contribution in [3.63, 3.8) is 0 Å². The van der Waals surface area contributed by atoms with Crippen LogP contribution in [0.15, 0.2) is 24.3 Å². The minimum Gasteiger partial charge on any atom is -0.442 e. The van der Waals surface area contributed by atoms with Crippen LogP contribution in [-0.4, -0.2) is 88.2 Å². The Morgan fingerprint density at radius 2 is 1.65 bits per heavy atom. The van der Waals surface area contributed by atoms with Crippen LogP contribution in [0, 0.1) is 0 Å². The molecule has 3 heterocycles. The normalized spacial score (nSPS) is 22.1. The summed E-state index contributed by atoms with van der Waals surface area (Å²) in [6.45, 7) is 4.49. The average Bonchev–Trinajstić information content (AvgIpc) is 3.16. The molecule has 3 aliphatic rings. The summed E-state index contributed by atoms with van der Waals surface area (Å²) in [5.41, 5.74) is 0.408. The molecule has 3 aliphatic heterocycles. The second-order valence-corrected chi connectivity index (χ2v) is 9.57. The summed E-state index contributed by atoms with van der Waals surface area (Å²) in [4.78, 5) is 80.5. The summed E-state index contributed by atoms with van der Waals surface area (Å²) in [5.74, 6) is -3.61. The first-order valence-corrected chi connectivity index (χ1v) is 12.8. The van der Waals surface area contributed by atoms with Crippen molar-refractivity contribution in [3.8, 4) is 0 Å². The highest BCUT2D eigenvalue weighted by atomic mass is 16.5. The van der Waals surface area contributed by atoms with Gasteiger partial charge in [0.15, 0.2) is 6.73 Å². The van der Waals surface area contributed by atoms with Crippen LogP contribution < -0.4 is 5.32 Å². The van der Waals surface area contributed by atoms with E-state index in [1.807, 2.05) is 0 Å². The van der Waals surface area contributed by atoms with Crippen LogP contribution in [0.3, 0.4) is 0 Å². The van der Waals surface area contributed by atoms with Gasteiger partial charge in [0.1, 0.15) is 12.1 Å². The fourth-order valence-corrected chi connectivity index (χ4v) is 5.01. The van der Waals surface area contributed by atoms with Gasteiger partial charge in [0, 0.05) is 6.42 Å². The molecule has 1 aromatic rings. The van der Waals surface area contributed by atoms with E-state index in [1.54, 1.807) is 26.0 Å². The lowest BCUT2D eigenvalue weighted by Gasteiger charge is -2.34. The molecule has 4 rings (SSSR count). The first kappa shape index (κ1) is 26.5. The Morgan fingerprint density at radius 3 is 2.24 bits per heavy atom. The average molecular weight is 513 g/mol. The largest absolute Gasteiger partial charge is 0.442 e. The molecule has 3 unspecified atom stereocenters. The Hall–Kier alpha value is -3.60. The van der Waals surface area contributed by atoms with Gasteiger partial charge in [-0.25, -0.2) is 9.69 Å². The summed E-state index contributed by atoms with van der Waals surface area (Å²) in [5, 5.41) is 2.71. The van der Waals surface area contributed by atoms with E-state index in [9.17, 15) is 28.8 Å². The van der Waals surface area contributed by atoms with Gasteiger partial charge in [-0.3, -0.25) is 33.8 Å². The zero-order chi connectivity index (χ0) is 26.7. The number of piperidine rings is 2. The van der Waals surface area contributed by atoms with Crippen molar-refractivity contribution in [3.05, 3.63) is 35.4 Å². The number of imide groups is 2. The number of benzene rings is 1. The molecule has 5 amide bonds. The number of amides is 5. The number of carbonyl (C=O) groups is 6. The maximum atomic E-state index is 13.2. The Labute approximate surface area is 215 Å². The number of carbonyl (C=O) groups excluding carboxylic acids is 6. The summed E-state index contributed by atoms with van der Waals surface area (Å²) in [7, 11) is 0. The number of esters is 1. The molecular formula is C26H32N4O7. The Bertz CT molecular complexity index is 1080. The summed E-state index contributed by atoms with van der Waals surface area (Å²) in [6.07, 6.45) is 3.35. The molecule has 1 N–H and O–H groups in total. The van der Waals surface area contributed by atoms with Gasteiger partial charge < -0.3 is 10.1 Å². The topological polar surface area (TPSA) is 133 Å². The number of fused-ring (bicyclic) bond motifs is 1. The van der Waals surface area contributed by atoms with E-state index in [0.717, 1.165) is 42.2 Å². The molecule has 0 aliphatic carbocycles. The highest BCUT2D eigenvalue weighted by Gasteiger charge is 2.47. The Kier molecular flexibility index (Phi) is 8.01. The van der Waals surface area contributed by atoms with Crippen molar-refractivity contribution in [1.29, 1.82) is 0 Å². The Morgan fingerprint density at radius 1 is 1.03 bits per heavy atom. The molecule has 198 valence electrons. The van der Waals surface area contributed by atoms with Crippen molar-refractivity contribution in [2.45, 2.75) is 70.5 Å². The van der Waals surface area contributed by atoms with Gasteiger partial charge in [0.25, 0.3) is 17.7 Å². The van der Waals surface area contributed by atoms with E-state index in [4.69, 9.17) is 4.74 Å². The lowest BCUT2D eigenvalue weighted by atomic mass is 10.0. The van der Waals surface area contributed by atoms with Crippen molar-refractivity contribution >= 4 is 35.5 Å². The first-order valence-electron chi connectivity index (χ1n) is 12.8. The number of rotatable bonds is 8. The number of nitrogens with zero attached hydrogens (tertiary/aromatic N) is 3. The van der Waals surface area contributed by atoms with Crippen LogP contribution >= 0.6 is 0 Å². The minimum atomic E-state index is -1.17. The fraction of sp³-hybridized carbons (Fsp3) is 0.538. The van der Waals surface area contributed by atoms with Crippen LogP contribution in [-0.2, 0) is 23.9 Å². The standard InChI is InChI=1S/C26H32N4O7/c1-3-19(27-22(32)16(2)28-13-7-4-8-14-28)26(36)37-15-29-21(31)12-11-20(25(29)35)30-23(33)17-9-5-6-10-18(17)24(30)34/h5-6,9-10,16,19-20H,3-4,7-8,11-15H2,1-2H3,(H,27,32). The first-order chi connectivity index (χ1) is 17.7. The molecule has 1 aromatic carbocycles. The highest BCUT2D eigenvalue weighted by Crippen LogP contribution is 2.29. The van der Waals surface area contributed by atoms with Gasteiger partial charge in [-0.15, -0.1) is 0 Å². The Balaban J connectivity index is 1.37. The molecule has 11 nitrogen and oxygen atoms in total. The molecule has 2 fully saturated rings. The summed E-state index contributed by atoms with van der Waals surface area (Å²) >= 11 is 0. The SMILES string of the molecule is CCC(NC(=O)C(C)N1CCCCC1)C(=O)OCN1C(=O)CCC(N2C(=O)c3ccccc3C2=O)C1=O. The molecule has 0 saturated carbocycles. The zero-order valence-corrected chi connectivity index (χ0v) is 21.1. The van der Waals surface area contributed by atoms with Gasteiger partial charge >= 0.3 is 5.97 Å². The van der Waals surface area contributed by atoms with Gasteiger partial charge in [-0.1, -0.05) is 25.5 Å². The molecule has 37 heavy (non-hydrogen) atoms. The van der Waals surface area contributed by atoms with E-state index >= 15 is 0 Å². The van der Waals surface area contributed by atoms with Gasteiger partial charge in [0.2, 0.25) is 11.8 Å². The number of hydrogen-bond acceptors (Lipinski definition) is 8. The van der Waals surface area contributed by atoms with E-state index in [1.165, 1.54) is 12.1 Å². The molecule has 2 saturated heterocycles. The van der Waals surface area contributed by atoms with E-state index in [2.05, 4.69) is 10.2 Å². The third-order valence-electron chi connectivity index (χ3n) is 7.28. The number of likely N-dealkylation sites (tertiary alicyclic amines) is 2. The van der Waals surface area contributed by atoms with Crippen LogP contribution in [0.25, 0.3) is 0 Å². The summed E-state index contributed by atoms with van der Waals surface area (Å²) < 4.78 is 5.26. The number of hydrogen-bond donors (Lipinski definition) is 1. The third kappa shape index (κ3) is 5.27. The smallest absolute Gasteiger partial charge is 0.330 e. The zero-order valence-electron chi connectivity index (χ0n) is 21.1. The second kappa shape index (κ2) is 11.2. The predicted octanol–water partition coefficient (Wildman–Crippen LogP) is 1.07. The predicted molar refractivity (Wildman–Crippen MR) is 130 cm³/mol. The van der Waals surface area contributed by atoms with Crippen molar-refractivity contribution in [2.75, 3.05) is 19.8 Å². The van der Waals surface area contributed by atoms with E-state index in [-0.39, 0.29) is 36.3 Å². The van der Waals surface area contributed by atoms with Gasteiger partial charge in [-0.05, 0) is 57.8 Å². The highest BCUT2D eigenvalue weighted by molar-refractivity contribution is 6.23. The van der Waals surface area contributed by atoms with Crippen LogP contribution in [0.2, 0.25) is 0 Å². The lowest BCUT2D eigenvalue weighted by molar-refractivity contribution is -0.165. The second-order valence-electron chi connectivity index (χ2n) is 9.57.